The Morgan fingerprint density at radius 2 is 2.00 bits per heavy atom. The highest BCUT2D eigenvalue weighted by Crippen LogP contribution is 2.14. The number of aromatic nitrogens is 3. The fraction of sp³-hybridized carbons (Fsp3) is 0.438. The van der Waals surface area contributed by atoms with E-state index >= 15 is 0 Å². The lowest BCUT2D eigenvalue weighted by atomic mass is 10.2. The fourth-order valence-corrected chi connectivity index (χ4v) is 2.68. The van der Waals surface area contributed by atoms with E-state index in [2.05, 4.69) is 15.1 Å². The Bertz CT molecular complexity index is 786. The highest BCUT2D eigenvalue weighted by atomic mass is 16.5. The summed E-state index contributed by atoms with van der Waals surface area (Å²) < 4.78 is 4.99. The van der Waals surface area contributed by atoms with Gasteiger partial charge in [0.25, 0.3) is 0 Å². The number of aryl methyl sites for hydroxylation is 2. The van der Waals surface area contributed by atoms with Gasteiger partial charge in [-0.15, -0.1) is 0 Å². The zero-order valence-corrected chi connectivity index (χ0v) is 13.7. The van der Waals surface area contributed by atoms with Crippen LogP contribution in [0.15, 0.2) is 16.7 Å². The lowest BCUT2D eigenvalue weighted by Crippen LogP contribution is -2.49. The monoisotopic (exact) mass is 326 g/mol. The third-order valence-electron chi connectivity index (χ3n) is 3.88. The maximum Gasteiger partial charge on any atom is 0.228 e. The van der Waals surface area contributed by atoms with Gasteiger partial charge >= 0.3 is 0 Å². The van der Waals surface area contributed by atoms with Crippen molar-refractivity contribution in [2.75, 3.05) is 31.1 Å². The minimum absolute atomic E-state index is 0.0332. The molecule has 0 atom stereocenters. The van der Waals surface area contributed by atoms with Crippen molar-refractivity contribution in [3.63, 3.8) is 0 Å². The number of carbonyl (C=O) groups excluding carboxylic acids is 1. The lowest BCUT2D eigenvalue weighted by Gasteiger charge is -2.34. The number of amides is 1. The van der Waals surface area contributed by atoms with Gasteiger partial charge in [-0.3, -0.25) is 4.79 Å². The van der Waals surface area contributed by atoms with E-state index in [1.54, 1.807) is 19.1 Å². The summed E-state index contributed by atoms with van der Waals surface area (Å²) in [5.41, 5.74) is 1.77. The van der Waals surface area contributed by atoms with E-state index in [9.17, 15) is 4.79 Å². The molecule has 1 aliphatic heterocycles. The van der Waals surface area contributed by atoms with E-state index in [4.69, 9.17) is 9.78 Å². The molecule has 0 aliphatic carbocycles. The Labute approximate surface area is 139 Å². The van der Waals surface area contributed by atoms with E-state index in [0.29, 0.717) is 49.3 Å². The summed E-state index contributed by atoms with van der Waals surface area (Å²) in [7, 11) is 0. The molecule has 0 aromatic carbocycles. The molecule has 1 fully saturated rings. The van der Waals surface area contributed by atoms with Crippen LogP contribution in [-0.4, -0.2) is 52.1 Å². The Morgan fingerprint density at radius 1 is 1.25 bits per heavy atom. The van der Waals surface area contributed by atoms with E-state index in [1.165, 1.54) is 0 Å². The van der Waals surface area contributed by atoms with Crippen molar-refractivity contribution in [3.8, 4) is 6.07 Å². The van der Waals surface area contributed by atoms with Crippen LogP contribution in [0.1, 0.15) is 22.8 Å². The number of anilines is 1. The fourth-order valence-electron chi connectivity index (χ4n) is 2.68. The number of hydrogen-bond acceptors (Lipinski definition) is 7. The quantitative estimate of drug-likeness (QED) is 0.824. The number of nitrogens with zero attached hydrogens (tertiary/aromatic N) is 6. The van der Waals surface area contributed by atoms with Crippen molar-refractivity contribution < 1.29 is 9.32 Å². The van der Waals surface area contributed by atoms with Crippen LogP contribution in [0, 0.1) is 25.2 Å². The van der Waals surface area contributed by atoms with Crippen LogP contribution in [0.5, 0.6) is 0 Å². The normalized spacial score (nSPS) is 14.5. The van der Waals surface area contributed by atoms with E-state index in [-0.39, 0.29) is 12.3 Å². The third-order valence-corrected chi connectivity index (χ3v) is 3.88. The van der Waals surface area contributed by atoms with Gasteiger partial charge < -0.3 is 14.3 Å². The largest absolute Gasteiger partial charge is 0.361 e. The van der Waals surface area contributed by atoms with Crippen LogP contribution in [0.2, 0.25) is 0 Å². The summed E-state index contributed by atoms with van der Waals surface area (Å²) in [5, 5.41) is 12.9. The topological polar surface area (TPSA) is 99.2 Å². The van der Waals surface area contributed by atoms with Crippen LogP contribution < -0.4 is 4.90 Å². The van der Waals surface area contributed by atoms with Crippen molar-refractivity contribution >= 4 is 11.9 Å². The van der Waals surface area contributed by atoms with E-state index in [0.717, 1.165) is 5.69 Å². The molecule has 8 nitrogen and oxygen atoms in total. The summed E-state index contributed by atoms with van der Waals surface area (Å²) in [4.78, 5) is 24.8. The van der Waals surface area contributed by atoms with E-state index in [1.807, 2.05) is 22.8 Å². The molecule has 1 amide bonds. The van der Waals surface area contributed by atoms with Gasteiger partial charge in [-0.2, -0.15) is 5.26 Å². The van der Waals surface area contributed by atoms with Crippen LogP contribution in [0.4, 0.5) is 5.95 Å². The van der Waals surface area contributed by atoms with Gasteiger partial charge in [0.15, 0.2) is 0 Å². The van der Waals surface area contributed by atoms with Crippen molar-refractivity contribution in [1.82, 2.24) is 20.0 Å². The Kier molecular flexibility index (Phi) is 4.42. The van der Waals surface area contributed by atoms with Crippen molar-refractivity contribution in [1.29, 1.82) is 5.26 Å². The molecule has 8 heteroatoms. The summed E-state index contributed by atoms with van der Waals surface area (Å²) in [6, 6.07) is 5.48. The summed E-state index contributed by atoms with van der Waals surface area (Å²) >= 11 is 0. The average molecular weight is 326 g/mol. The summed E-state index contributed by atoms with van der Waals surface area (Å²) in [6.45, 7) is 6.10. The maximum atomic E-state index is 12.3. The van der Waals surface area contributed by atoms with Gasteiger partial charge in [-0.1, -0.05) is 5.16 Å². The zero-order valence-electron chi connectivity index (χ0n) is 13.7. The minimum atomic E-state index is 0.0332. The highest BCUT2D eigenvalue weighted by molar-refractivity contribution is 5.78. The first-order chi connectivity index (χ1) is 11.5. The molecular formula is C16H18N6O2. The van der Waals surface area contributed by atoms with Gasteiger partial charge in [0.2, 0.25) is 11.9 Å². The Hall–Kier alpha value is -2.95. The molecule has 0 saturated carbocycles. The highest BCUT2D eigenvalue weighted by Gasteiger charge is 2.23. The standard InChI is InChI=1S/C16H18N6O2/c1-11-7-14(10-17)19-16(18-11)22-5-3-21(4-6-22)15(23)9-13-8-12(2)24-20-13/h7-8H,3-6,9H2,1-2H3. The molecule has 2 aromatic heterocycles. The van der Waals surface area contributed by atoms with Gasteiger partial charge in [-0.25, -0.2) is 9.97 Å². The van der Waals surface area contributed by atoms with Gasteiger partial charge in [0.05, 0.1) is 12.1 Å². The Balaban J connectivity index is 1.60. The molecule has 0 spiro atoms. The molecule has 0 unspecified atom stereocenters. The summed E-state index contributed by atoms with van der Waals surface area (Å²) in [6.07, 6.45) is 0.247. The second-order valence-corrected chi connectivity index (χ2v) is 5.78. The Morgan fingerprint density at radius 3 is 2.62 bits per heavy atom. The first-order valence-electron chi connectivity index (χ1n) is 7.76. The molecular weight excluding hydrogens is 308 g/mol. The first kappa shape index (κ1) is 15.9. The smallest absolute Gasteiger partial charge is 0.228 e. The third kappa shape index (κ3) is 3.51. The molecule has 0 bridgehead atoms. The SMILES string of the molecule is Cc1cc(C#N)nc(N2CCN(C(=O)Cc3cc(C)on3)CC2)n1. The molecule has 1 saturated heterocycles. The minimum Gasteiger partial charge on any atom is -0.361 e. The maximum absolute atomic E-state index is 12.3. The molecule has 0 radical (unpaired) electrons. The predicted molar refractivity (Wildman–Crippen MR) is 85.2 cm³/mol. The number of hydrogen-bond donors (Lipinski definition) is 0. The van der Waals surface area contributed by atoms with Crippen molar-refractivity contribution in [2.45, 2.75) is 20.3 Å². The molecule has 3 rings (SSSR count). The number of nitriles is 1. The van der Waals surface area contributed by atoms with Crippen LogP contribution in [-0.2, 0) is 11.2 Å². The van der Waals surface area contributed by atoms with Crippen LogP contribution in [0.25, 0.3) is 0 Å². The molecule has 1 aliphatic rings. The molecule has 2 aromatic rings. The number of carbonyl (C=O) groups is 1. The molecule has 0 N–H and O–H groups in total. The molecule has 24 heavy (non-hydrogen) atoms. The van der Waals surface area contributed by atoms with Crippen LogP contribution in [0.3, 0.4) is 0 Å². The molecule has 3 heterocycles. The second kappa shape index (κ2) is 6.66. The summed E-state index contributed by atoms with van der Waals surface area (Å²) in [5.74, 6) is 1.28. The predicted octanol–water partition coefficient (Wildman–Crippen LogP) is 0.844. The van der Waals surface area contributed by atoms with Gasteiger partial charge in [0, 0.05) is 37.9 Å². The zero-order chi connectivity index (χ0) is 17.1. The van der Waals surface area contributed by atoms with Gasteiger partial charge in [-0.05, 0) is 19.9 Å². The number of rotatable bonds is 3. The van der Waals surface area contributed by atoms with Crippen molar-refractivity contribution in [3.05, 3.63) is 35.0 Å². The lowest BCUT2D eigenvalue weighted by molar-refractivity contribution is -0.130. The second-order valence-electron chi connectivity index (χ2n) is 5.78. The van der Waals surface area contributed by atoms with E-state index < -0.39 is 0 Å². The number of piperazine rings is 1. The average Bonchev–Trinajstić information content (AvgIpc) is 2.99. The molecule has 124 valence electrons. The van der Waals surface area contributed by atoms with Crippen molar-refractivity contribution in [2.24, 2.45) is 0 Å². The van der Waals surface area contributed by atoms with Gasteiger partial charge in [0.1, 0.15) is 17.5 Å². The first-order valence-corrected chi connectivity index (χ1v) is 7.76. The van der Waals surface area contributed by atoms with Crippen LogP contribution >= 0.6 is 0 Å².